The second-order valence-electron chi connectivity index (χ2n) is 5.94. The second kappa shape index (κ2) is 5.52. The molecule has 2 heterocycles. The maximum Gasteiger partial charge on any atom is 0.152 e. The van der Waals surface area contributed by atoms with Gasteiger partial charge in [0.2, 0.25) is 0 Å². The highest BCUT2D eigenvalue weighted by molar-refractivity contribution is 5.85. The largest absolute Gasteiger partial charge is 0.363 e. The van der Waals surface area contributed by atoms with Crippen molar-refractivity contribution in [2.75, 3.05) is 24.5 Å². The summed E-state index contributed by atoms with van der Waals surface area (Å²) in [4.78, 5) is 15.8. The van der Waals surface area contributed by atoms with Gasteiger partial charge in [0.15, 0.2) is 6.29 Å². The molecule has 2 fully saturated rings. The molecule has 108 valence electrons. The topological polar surface area (TPSA) is 23.6 Å². The van der Waals surface area contributed by atoms with Crippen LogP contribution in [0.25, 0.3) is 0 Å². The number of nitrogens with zero attached hydrogens (tertiary/aromatic N) is 2. The number of fused-ring (bicyclic) bond motifs is 1. The summed E-state index contributed by atoms with van der Waals surface area (Å²) < 4.78 is 14.2. The first-order valence-electron chi connectivity index (χ1n) is 7.45. The van der Waals surface area contributed by atoms with Gasteiger partial charge in [-0.15, -0.1) is 0 Å². The molecule has 20 heavy (non-hydrogen) atoms. The van der Waals surface area contributed by atoms with E-state index in [0.29, 0.717) is 17.3 Å². The Morgan fingerprint density at radius 3 is 2.95 bits per heavy atom. The number of hydrogen-bond acceptors (Lipinski definition) is 3. The van der Waals surface area contributed by atoms with Gasteiger partial charge < -0.3 is 4.90 Å². The van der Waals surface area contributed by atoms with Crippen molar-refractivity contribution >= 4 is 12.0 Å². The zero-order valence-electron chi connectivity index (χ0n) is 11.9. The first-order chi connectivity index (χ1) is 9.70. The Balaban J connectivity index is 1.91. The van der Waals surface area contributed by atoms with E-state index in [2.05, 4.69) is 16.7 Å². The van der Waals surface area contributed by atoms with Crippen LogP contribution in [0.5, 0.6) is 0 Å². The van der Waals surface area contributed by atoms with Gasteiger partial charge in [-0.25, -0.2) is 4.39 Å². The number of carbonyl (C=O) groups is 1. The Labute approximate surface area is 119 Å². The van der Waals surface area contributed by atoms with E-state index in [1.807, 2.05) is 0 Å². The van der Waals surface area contributed by atoms with Gasteiger partial charge >= 0.3 is 0 Å². The van der Waals surface area contributed by atoms with Crippen LogP contribution in [-0.2, 0) is 0 Å². The number of halogens is 1. The molecule has 2 aliphatic heterocycles. The fraction of sp³-hybridized carbons (Fsp3) is 0.562. The van der Waals surface area contributed by atoms with Crippen molar-refractivity contribution in [2.24, 2.45) is 0 Å². The third-order valence-corrected chi connectivity index (χ3v) is 4.62. The molecule has 4 heteroatoms. The molecule has 0 aromatic heterocycles. The van der Waals surface area contributed by atoms with Gasteiger partial charge in [-0.3, -0.25) is 9.69 Å². The van der Waals surface area contributed by atoms with Crippen LogP contribution in [0.2, 0.25) is 0 Å². The van der Waals surface area contributed by atoms with Crippen LogP contribution in [0.15, 0.2) is 18.2 Å². The van der Waals surface area contributed by atoms with Crippen LogP contribution in [0.3, 0.4) is 0 Å². The summed E-state index contributed by atoms with van der Waals surface area (Å²) >= 11 is 0. The molecule has 0 amide bonds. The lowest BCUT2D eigenvalue weighted by Crippen LogP contribution is -2.59. The number of benzene rings is 1. The van der Waals surface area contributed by atoms with Crippen LogP contribution in [0.1, 0.15) is 36.5 Å². The first-order valence-corrected chi connectivity index (χ1v) is 7.45. The van der Waals surface area contributed by atoms with Gasteiger partial charge in [0.25, 0.3) is 0 Å². The maximum atomic E-state index is 14.2. The minimum Gasteiger partial charge on any atom is -0.363 e. The summed E-state index contributed by atoms with van der Waals surface area (Å²) in [7, 11) is 0. The third kappa shape index (κ3) is 2.33. The molecule has 0 spiro atoms. The summed E-state index contributed by atoms with van der Waals surface area (Å²) in [6.07, 6.45) is 4.45. The lowest BCUT2D eigenvalue weighted by atomic mass is 9.96. The fourth-order valence-electron chi connectivity index (χ4n) is 3.59. The summed E-state index contributed by atoms with van der Waals surface area (Å²) in [6, 6.07) is 5.48. The number of para-hydroxylation sites is 1. The molecule has 0 radical (unpaired) electrons. The van der Waals surface area contributed by atoms with Crippen molar-refractivity contribution in [3.05, 3.63) is 29.6 Å². The quantitative estimate of drug-likeness (QED) is 0.776. The number of piperidine rings is 1. The molecule has 1 aromatic rings. The lowest BCUT2D eigenvalue weighted by molar-refractivity contribution is 0.111. The van der Waals surface area contributed by atoms with Crippen LogP contribution < -0.4 is 4.90 Å². The number of anilines is 1. The van der Waals surface area contributed by atoms with Crippen molar-refractivity contribution in [1.29, 1.82) is 0 Å². The standard InChI is InChI=1S/C16H21FN2O/c1-12-9-18-8-3-2-6-14(18)10-19(12)16-13(11-20)5-4-7-15(16)17/h4-5,7,11-12,14H,2-3,6,8-10H2,1H3. The van der Waals surface area contributed by atoms with Gasteiger partial charge in [0.05, 0.1) is 5.69 Å². The molecule has 3 nitrogen and oxygen atoms in total. The van der Waals surface area contributed by atoms with Crippen LogP contribution in [0.4, 0.5) is 10.1 Å². The number of hydrogen-bond donors (Lipinski definition) is 0. The number of aldehydes is 1. The predicted molar refractivity (Wildman–Crippen MR) is 77.8 cm³/mol. The van der Waals surface area contributed by atoms with Gasteiger partial charge in [-0.2, -0.15) is 0 Å². The van der Waals surface area contributed by atoms with E-state index in [1.54, 1.807) is 12.1 Å². The summed E-state index contributed by atoms with van der Waals surface area (Å²) in [5.41, 5.74) is 0.946. The molecule has 0 bridgehead atoms. The van der Waals surface area contributed by atoms with E-state index in [1.165, 1.54) is 25.3 Å². The molecule has 3 rings (SSSR count). The average molecular weight is 276 g/mol. The number of carbonyl (C=O) groups excluding carboxylic acids is 1. The van der Waals surface area contributed by atoms with Gasteiger partial charge in [0, 0.05) is 30.7 Å². The van der Waals surface area contributed by atoms with Crippen LogP contribution >= 0.6 is 0 Å². The molecule has 2 saturated heterocycles. The molecule has 1 aromatic carbocycles. The van der Waals surface area contributed by atoms with E-state index in [9.17, 15) is 9.18 Å². The van der Waals surface area contributed by atoms with Gasteiger partial charge in [-0.1, -0.05) is 12.5 Å². The highest BCUT2D eigenvalue weighted by Gasteiger charge is 2.34. The van der Waals surface area contributed by atoms with Gasteiger partial charge in [-0.05, 0) is 38.4 Å². The van der Waals surface area contributed by atoms with Crippen molar-refractivity contribution in [1.82, 2.24) is 4.90 Å². The van der Waals surface area contributed by atoms with Crippen LogP contribution in [-0.4, -0.2) is 42.9 Å². The molecule has 2 aliphatic rings. The van der Waals surface area contributed by atoms with E-state index in [0.717, 1.165) is 25.9 Å². The fourth-order valence-corrected chi connectivity index (χ4v) is 3.59. The zero-order valence-corrected chi connectivity index (χ0v) is 11.9. The minimum atomic E-state index is -0.286. The van der Waals surface area contributed by atoms with Crippen molar-refractivity contribution in [2.45, 2.75) is 38.3 Å². The minimum absolute atomic E-state index is 0.236. The molecule has 2 atom stereocenters. The van der Waals surface area contributed by atoms with E-state index in [-0.39, 0.29) is 11.9 Å². The monoisotopic (exact) mass is 276 g/mol. The normalized spacial score (nSPS) is 27.2. The summed E-state index contributed by atoms with van der Waals surface area (Å²) in [5, 5.41) is 0. The molecule has 0 saturated carbocycles. The lowest BCUT2D eigenvalue weighted by Gasteiger charge is -2.48. The Hall–Kier alpha value is -1.42. The number of piperazine rings is 1. The third-order valence-electron chi connectivity index (χ3n) is 4.62. The van der Waals surface area contributed by atoms with Crippen molar-refractivity contribution < 1.29 is 9.18 Å². The molecular weight excluding hydrogens is 255 g/mol. The van der Waals surface area contributed by atoms with Crippen molar-refractivity contribution in [3.8, 4) is 0 Å². The highest BCUT2D eigenvalue weighted by atomic mass is 19.1. The molecule has 0 aliphatic carbocycles. The molecule has 0 N–H and O–H groups in total. The Morgan fingerprint density at radius 1 is 1.30 bits per heavy atom. The summed E-state index contributed by atoms with van der Waals surface area (Å²) in [6.45, 7) is 5.05. The smallest absolute Gasteiger partial charge is 0.152 e. The SMILES string of the molecule is CC1CN2CCCCC2CN1c1c(F)cccc1C=O. The van der Waals surface area contributed by atoms with Crippen molar-refractivity contribution in [3.63, 3.8) is 0 Å². The highest BCUT2D eigenvalue weighted by Crippen LogP contribution is 2.31. The summed E-state index contributed by atoms with van der Waals surface area (Å²) in [5.74, 6) is -0.286. The average Bonchev–Trinajstić information content (AvgIpc) is 2.46. The number of rotatable bonds is 2. The van der Waals surface area contributed by atoms with E-state index < -0.39 is 0 Å². The second-order valence-corrected chi connectivity index (χ2v) is 5.94. The maximum absolute atomic E-state index is 14.2. The predicted octanol–water partition coefficient (Wildman–Crippen LogP) is 2.70. The Morgan fingerprint density at radius 2 is 2.15 bits per heavy atom. The first kappa shape index (κ1) is 13.6. The molecular formula is C16H21FN2O. The molecule has 2 unspecified atom stereocenters. The van der Waals surface area contributed by atoms with Crippen LogP contribution in [0, 0.1) is 5.82 Å². The Kier molecular flexibility index (Phi) is 3.74. The van der Waals surface area contributed by atoms with E-state index >= 15 is 0 Å². The van der Waals surface area contributed by atoms with E-state index in [4.69, 9.17) is 0 Å². The van der Waals surface area contributed by atoms with Gasteiger partial charge in [0.1, 0.15) is 5.82 Å². The zero-order chi connectivity index (χ0) is 14.1. The Bertz CT molecular complexity index is 505.